The molecule has 0 radical (unpaired) electrons. The van der Waals surface area contributed by atoms with Gasteiger partial charge in [0.05, 0.1) is 12.8 Å². The number of rotatable bonds is 1. The van der Waals surface area contributed by atoms with Crippen molar-refractivity contribution in [3.8, 4) is 0 Å². The molecule has 0 amide bonds. The van der Waals surface area contributed by atoms with Crippen LogP contribution in [0, 0.1) is 0 Å². The average Bonchev–Trinajstić information content (AvgIpc) is 2.88. The second-order valence-electron chi connectivity index (χ2n) is 3.17. The molecule has 3 rings (SSSR count). The van der Waals surface area contributed by atoms with Crippen molar-refractivity contribution in [1.29, 1.82) is 0 Å². The smallest absolute Gasteiger partial charge is 0.217 e. The molecule has 0 fully saturated rings. The minimum atomic E-state index is 0.684. The zero-order valence-corrected chi connectivity index (χ0v) is 7.56. The molecule has 2 heterocycles. The number of hydrogen-bond acceptors (Lipinski definition) is 3. The first kappa shape index (κ1) is 7.62. The fraction of sp³-hybridized carbons (Fsp3) is 0.182. The van der Waals surface area contributed by atoms with Crippen molar-refractivity contribution in [2.75, 3.05) is 13.2 Å². The van der Waals surface area contributed by atoms with Gasteiger partial charge in [-0.2, -0.15) is 0 Å². The first-order valence-electron chi connectivity index (χ1n) is 4.59. The van der Waals surface area contributed by atoms with E-state index in [4.69, 9.17) is 9.15 Å². The van der Waals surface area contributed by atoms with Gasteiger partial charge in [-0.1, -0.05) is 6.07 Å². The third-order valence-corrected chi connectivity index (χ3v) is 2.31. The van der Waals surface area contributed by atoms with Crippen molar-refractivity contribution < 1.29 is 9.15 Å². The van der Waals surface area contributed by atoms with Crippen LogP contribution >= 0.6 is 0 Å². The number of aliphatic imine (C=N–C) groups is 1. The summed E-state index contributed by atoms with van der Waals surface area (Å²) >= 11 is 0. The third kappa shape index (κ3) is 1.02. The van der Waals surface area contributed by atoms with Gasteiger partial charge in [-0.05, 0) is 18.2 Å². The molecular formula is C11H9NO2. The summed E-state index contributed by atoms with van der Waals surface area (Å²) in [6, 6.07) is 7.83. The molecule has 0 bridgehead atoms. The number of furan rings is 1. The molecule has 2 aromatic rings. The predicted molar refractivity (Wildman–Crippen MR) is 53.6 cm³/mol. The van der Waals surface area contributed by atoms with Gasteiger partial charge in [0.15, 0.2) is 0 Å². The average molecular weight is 187 g/mol. The molecule has 70 valence electrons. The Morgan fingerprint density at radius 3 is 3.07 bits per heavy atom. The van der Waals surface area contributed by atoms with Crippen LogP contribution in [0.3, 0.4) is 0 Å². The zero-order valence-electron chi connectivity index (χ0n) is 7.56. The molecular weight excluding hydrogens is 178 g/mol. The van der Waals surface area contributed by atoms with Gasteiger partial charge < -0.3 is 9.15 Å². The lowest BCUT2D eigenvalue weighted by atomic mass is 10.1. The second-order valence-corrected chi connectivity index (χ2v) is 3.17. The standard InChI is InChI=1S/C11H9NO2/c1-2-9(11-12-5-7-14-11)8-4-6-13-10(8)3-1/h1-4,6H,5,7H2. The zero-order chi connectivity index (χ0) is 9.38. The molecule has 3 nitrogen and oxygen atoms in total. The number of fused-ring (bicyclic) bond motifs is 1. The van der Waals surface area contributed by atoms with E-state index < -0.39 is 0 Å². The molecule has 1 aliphatic heterocycles. The van der Waals surface area contributed by atoms with Gasteiger partial charge in [0.25, 0.3) is 0 Å². The summed E-state index contributed by atoms with van der Waals surface area (Å²) < 4.78 is 10.7. The highest BCUT2D eigenvalue weighted by Gasteiger charge is 2.13. The number of nitrogens with zero attached hydrogens (tertiary/aromatic N) is 1. The van der Waals surface area contributed by atoms with Gasteiger partial charge in [0.2, 0.25) is 5.90 Å². The lowest BCUT2D eigenvalue weighted by Crippen LogP contribution is -2.00. The van der Waals surface area contributed by atoms with Crippen LogP contribution in [-0.4, -0.2) is 19.0 Å². The molecule has 0 saturated heterocycles. The summed E-state index contributed by atoms with van der Waals surface area (Å²) in [4.78, 5) is 4.29. The maximum absolute atomic E-state index is 5.42. The van der Waals surface area contributed by atoms with Crippen molar-refractivity contribution in [3.63, 3.8) is 0 Å². The van der Waals surface area contributed by atoms with Gasteiger partial charge in [-0.3, -0.25) is 0 Å². The van der Waals surface area contributed by atoms with Crippen LogP contribution in [0.15, 0.2) is 39.9 Å². The van der Waals surface area contributed by atoms with Gasteiger partial charge in [0.1, 0.15) is 12.2 Å². The van der Waals surface area contributed by atoms with Crippen LogP contribution in [0.1, 0.15) is 5.56 Å². The Morgan fingerprint density at radius 2 is 2.21 bits per heavy atom. The van der Waals surface area contributed by atoms with E-state index in [2.05, 4.69) is 4.99 Å². The number of ether oxygens (including phenoxy) is 1. The Balaban J connectivity index is 2.24. The van der Waals surface area contributed by atoms with Crippen LogP contribution in [-0.2, 0) is 4.74 Å². The topological polar surface area (TPSA) is 34.7 Å². The van der Waals surface area contributed by atoms with E-state index in [1.165, 1.54) is 0 Å². The molecule has 1 aromatic carbocycles. The monoisotopic (exact) mass is 187 g/mol. The first-order chi connectivity index (χ1) is 6.95. The highest BCUT2D eigenvalue weighted by molar-refractivity contribution is 6.06. The molecule has 1 aromatic heterocycles. The van der Waals surface area contributed by atoms with Crippen LogP contribution in [0.25, 0.3) is 11.0 Å². The largest absolute Gasteiger partial charge is 0.475 e. The fourth-order valence-electron chi connectivity index (χ4n) is 1.68. The van der Waals surface area contributed by atoms with Crippen molar-refractivity contribution >= 4 is 16.9 Å². The van der Waals surface area contributed by atoms with E-state index in [-0.39, 0.29) is 0 Å². The van der Waals surface area contributed by atoms with Gasteiger partial charge in [0, 0.05) is 10.9 Å². The summed E-state index contributed by atoms with van der Waals surface area (Å²) in [7, 11) is 0. The highest BCUT2D eigenvalue weighted by Crippen LogP contribution is 2.21. The highest BCUT2D eigenvalue weighted by atomic mass is 16.5. The maximum atomic E-state index is 5.42. The summed E-state index contributed by atoms with van der Waals surface area (Å²) in [5.41, 5.74) is 1.90. The molecule has 0 aliphatic carbocycles. The van der Waals surface area contributed by atoms with E-state index in [1.807, 2.05) is 24.3 Å². The fourth-order valence-corrected chi connectivity index (χ4v) is 1.68. The Morgan fingerprint density at radius 1 is 1.21 bits per heavy atom. The van der Waals surface area contributed by atoms with Crippen molar-refractivity contribution in [2.45, 2.75) is 0 Å². The molecule has 0 atom stereocenters. The Hall–Kier alpha value is -1.77. The van der Waals surface area contributed by atoms with E-state index in [0.29, 0.717) is 6.61 Å². The van der Waals surface area contributed by atoms with Gasteiger partial charge >= 0.3 is 0 Å². The third-order valence-electron chi connectivity index (χ3n) is 2.31. The van der Waals surface area contributed by atoms with Crippen LogP contribution in [0.4, 0.5) is 0 Å². The Kier molecular flexibility index (Phi) is 1.56. The van der Waals surface area contributed by atoms with Gasteiger partial charge in [-0.15, -0.1) is 0 Å². The minimum Gasteiger partial charge on any atom is -0.475 e. The summed E-state index contributed by atoms with van der Waals surface area (Å²) in [5.74, 6) is 0.733. The van der Waals surface area contributed by atoms with E-state index in [0.717, 1.165) is 29.0 Å². The molecule has 0 saturated carbocycles. The Labute approximate surface area is 81.0 Å². The minimum absolute atomic E-state index is 0.684. The molecule has 1 aliphatic rings. The van der Waals surface area contributed by atoms with Crippen LogP contribution in [0.5, 0.6) is 0 Å². The van der Waals surface area contributed by atoms with Crippen molar-refractivity contribution in [3.05, 3.63) is 36.1 Å². The van der Waals surface area contributed by atoms with E-state index >= 15 is 0 Å². The van der Waals surface area contributed by atoms with E-state index in [9.17, 15) is 0 Å². The number of hydrogen-bond donors (Lipinski definition) is 0. The first-order valence-corrected chi connectivity index (χ1v) is 4.59. The molecule has 14 heavy (non-hydrogen) atoms. The summed E-state index contributed by atoms with van der Waals surface area (Å²) in [6.07, 6.45) is 1.68. The molecule has 0 unspecified atom stereocenters. The predicted octanol–water partition coefficient (Wildman–Crippen LogP) is 2.21. The SMILES string of the molecule is c1cc(C2=NCCO2)c2ccoc2c1. The van der Waals surface area contributed by atoms with Crippen molar-refractivity contribution in [1.82, 2.24) is 0 Å². The second kappa shape index (κ2) is 2.87. The quantitative estimate of drug-likeness (QED) is 0.686. The molecule has 0 spiro atoms. The van der Waals surface area contributed by atoms with Crippen LogP contribution < -0.4 is 0 Å². The van der Waals surface area contributed by atoms with Gasteiger partial charge in [-0.25, -0.2) is 4.99 Å². The normalized spacial score (nSPS) is 15.6. The van der Waals surface area contributed by atoms with Crippen molar-refractivity contribution in [2.24, 2.45) is 4.99 Å². The molecule has 0 N–H and O–H groups in total. The lowest BCUT2D eigenvalue weighted by Gasteiger charge is -2.01. The summed E-state index contributed by atoms with van der Waals surface area (Å²) in [5, 5.41) is 1.06. The number of benzene rings is 1. The molecule has 3 heteroatoms. The maximum Gasteiger partial charge on any atom is 0.217 e. The Bertz CT molecular complexity index is 499. The summed E-state index contributed by atoms with van der Waals surface area (Å²) in [6.45, 7) is 1.44. The van der Waals surface area contributed by atoms with Crippen LogP contribution in [0.2, 0.25) is 0 Å². The lowest BCUT2D eigenvalue weighted by molar-refractivity contribution is 0.348. The van der Waals surface area contributed by atoms with E-state index in [1.54, 1.807) is 6.26 Å².